The third-order valence-corrected chi connectivity index (χ3v) is 4.64. The van der Waals surface area contributed by atoms with Crippen LogP contribution < -0.4 is 10.6 Å². The molecule has 0 aliphatic heterocycles. The second-order valence-corrected chi connectivity index (χ2v) is 7.32. The summed E-state index contributed by atoms with van der Waals surface area (Å²) in [5.41, 5.74) is 10.2. The predicted octanol–water partition coefficient (Wildman–Crippen LogP) is 4.52. The van der Waals surface area contributed by atoms with Crippen LogP contribution in [0.2, 0.25) is 0 Å². The van der Waals surface area contributed by atoms with Crippen molar-refractivity contribution in [2.24, 2.45) is 5.92 Å². The molecule has 0 aliphatic carbocycles. The lowest BCUT2D eigenvalue weighted by atomic mass is 9.98. The van der Waals surface area contributed by atoms with Gasteiger partial charge >= 0.3 is 0 Å². The van der Waals surface area contributed by atoms with Crippen molar-refractivity contribution >= 4 is 33.7 Å². The van der Waals surface area contributed by atoms with Crippen molar-refractivity contribution in [2.75, 3.05) is 24.2 Å². The first kappa shape index (κ1) is 17.5. The van der Waals surface area contributed by atoms with Crippen molar-refractivity contribution in [3.63, 3.8) is 0 Å². The van der Waals surface area contributed by atoms with Crippen molar-refractivity contribution in [2.45, 2.75) is 46.5 Å². The van der Waals surface area contributed by atoms with Gasteiger partial charge in [-0.1, -0.05) is 45.7 Å². The molecule has 5 nitrogen and oxygen atoms in total. The summed E-state index contributed by atoms with van der Waals surface area (Å²) in [5, 5.41) is 1.13. The molecule has 0 atom stereocenters. The first-order valence-electron chi connectivity index (χ1n) is 9.29. The van der Waals surface area contributed by atoms with Crippen LogP contribution in [-0.2, 0) is 6.42 Å². The molecule has 2 aromatic heterocycles. The van der Waals surface area contributed by atoms with E-state index < -0.39 is 0 Å². The quantitative estimate of drug-likeness (QED) is 0.621. The van der Waals surface area contributed by atoms with E-state index in [4.69, 9.17) is 10.7 Å². The Bertz CT molecular complexity index is 865. The maximum absolute atomic E-state index is 6.21. The van der Waals surface area contributed by atoms with Crippen molar-refractivity contribution in [1.82, 2.24) is 15.0 Å². The van der Waals surface area contributed by atoms with Gasteiger partial charge in [0.2, 0.25) is 5.95 Å². The lowest BCUT2D eigenvalue weighted by molar-refractivity contribution is 0.650. The zero-order valence-corrected chi connectivity index (χ0v) is 15.8. The maximum Gasteiger partial charge on any atom is 0.203 e. The molecule has 0 saturated carbocycles. The smallest absolute Gasteiger partial charge is 0.203 e. The highest BCUT2D eigenvalue weighted by Gasteiger charge is 2.16. The first-order valence-corrected chi connectivity index (χ1v) is 9.29. The number of unbranched alkanes of at least 4 members (excludes halogenated alkanes) is 2. The molecule has 3 N–H and O–H groups in total. The van der Waals surface area contributed by atoms with Crippen LogP contribution in [0, 0.1) is 5.92 Å². The topological polar surface area (TPSA) is 70.8 Å². The molecule has 0 fully saturated rings. The van der Waals surface area contributed by atoms with Gasteiger partial charge in [0, 0.05) is 19.0 Å². The summed E-state index contributed by atoms with van der Waals surface area (Å²) in [5.74, 6) is 1.96. The van der Waals surface area contributed by atoms with E-state index in [2.05, 4.69) is 54.8 Å². The second kappa shape index (κ2) is 7.30. The number of aromatic nitrogens is 3. The number of rotatable bonds is 7. The SMILES string of the molecule is CCCCCN(C)c1nc2c([nH]1)c(N)nc1cccc(CC(C)C)c12. The number of fused-ring (bicyclic) bond motifs is 3. The highest BCUT2D eigenvalue weighted by atomic mass is 15.2. The van der Waals surface area contributed by atoms with Crippen molar-refractivity contribution in [3.05, 3.63) is 23.8 Å². The van der Waals surface area contributed by atoms with Crippen LogP contribution in [0.4, 0.5) is 11.8 Å². The first-order chi connectivity index (χ1) is 12.0. The van der Waals surface area contributed by atoms with E-state index >= 15 is 0 Å². The molecule has 0 saturated heterocycles. The Labute approximate surface area is 149 Å². The van der Waals surface area contributed by atoms with Crippen LogP contribution in [0.25, 0.3) is 21.9 Å². The van der Waals surface area contributed by atoms with Crippen molar-refractivity contribution in [1.29, 1.82) is 0 Å². The number of nitrogen functional groups attached to an aromatic ring is 1. The molecule has 0 radical (unpaired) electrons. The van der Waals surface area contributed by atoms with E-state index in [1.54, 1.807) is 0 Å². The molecule has 0 spiro atoms. The van der Waals surface area contributed by atoms with Crippen LogP contribution >= 0.6 is 0 Å². The Balaban J connectivity index is 2.10. The summed E-state index contributed by atoms with van der Waals surface area (Å²) < 4.78 is 0. The number of H-pyrrole nitrogens is 1. The number of benzene rings is 1. The van der Waals surface area contributed by atoms with E-state index in [9.17, 15) is 0 Å². The van der Waals surface area contributed by atoms with Gasteiger partial charge in [0.05, 0.1) is 5.52 Å². The fraction of sp³-hybridized carbons (Fsp3) is 0.500. The van der Waals surface area contributed by atoms with Crippen molar-refractivity contribution < 1.29 is 0 Å². The molecule has 0 aliphatic rings. The summed E-state index contributed by atoms with van der Waals surface area (Å²) in [6.45, 7) is 7.67. The Hall–Kier alpha value is -2.30. The molecule has 0 bridgehead atoms. The van der Waals surface area contributed by atoms with Crippen LogP contribution in [0.5, 0.6) is 0 Å². The Morgan fingerprint density at radius 1 is 1.20 bits per heavy atom. The molecule has 2 heterocycles. The van der Waals surface area contributed by atoms with Gasteiger partial charge in [-0.3, -0.25) is 0 Å². The maximum atomic E-state index is 6.21. The molecule has 3 rings (SSSR count). The summed E-state index contributed by atoms with van der Waals surface area (Å²) in [4.78, 5) is 15.1. The van der Waals surface area contributed by atoms with Gasteiger partial charge in [0.25, 0.3) is 0 Å². The molecule has 0 unspecified atom stereocenters. The number of aromatic amines is 1. The standard InChI is InChI=1S/C20H29N5/c1-5-6-7-11-25(4)20-23-17-16-14(12-13(2)3)9-8-10-15(16)22-19(21)18(17)24-20/h8-10,13H,5-7,11-12H2,1-4H3,(H2,21,22)(H,23,24). The zero-order valence-electron chi connectivity index (χ0n) is 15.8. The average Bonchev–Trinajstić information content (AvgIpc) is 3.00. The third-order valence-electron chi connectivity index (χ3n) is 4.64. The van der Waals surface area contributed by atoms with E-state index in [-0.39, 0.29) is 0 Å². The Morgan fingerprint density at radius 3 is 2.72 bits per heavy atom. The zero-order chi connectivity index (χ0) is 18.0. The molecule has 25 heavy (non-hydrogen) atoms. The van der Waals surface area contributed by atoms with Gasteiger partial charge in [-0.2, -0.15) is 0 Å². The van der Waals surface area contributed by atoms with Gasteiger partial charge < -0.3 is 15.6 Å². The molecule has 0 amide bonds. The number of nitrogens with zero attached hydrogens (tertiary/aromatic N) is 3. The monoisotopic (exact) mass is 339 g/mol. The number of imidazole rings is 1. The Morgan fingerprint density at radius 2 is 2.00 bits per heavy atom. The van der Waals surface area contributed by atoms with Gasteiger partial charge in [-0.05, 0) is 30.4 Å². The van der Waals surface area contributed by atoms with E-state index in [0.29, 0.717) is 11.7 Å². The van der Waals surface area contributed by atoms with Gasteiger partial charge in [-0.25, -0.2) is 9.97 Å². The molecule has 134 valence electrons. The number of pyridine rings is 1. The summed E-state index contributed by atoms with van der Waals surface area (Å²) in [6, 6.07) is 6.26. The fourth-order valence-corrected chi connectivity index (χ4v) is 3.36. The highest BCUT2D eigenvalue weighted by Crippen LogP contribution is 2.31. The van der Waals surface area contributed by atoms with E-state index in [1.165, 1.54) is 18.4 Å². The fourth-order valence-electron chi connectivity index (χ4n) is 3.36. The lowest BCUT2D eigenvalue weighted by Gasteiger charge is -2.15. The number of hydrogen-bond acceptors (Lipinski definition) is 4. The third kappa shape index (κ3) is 3.55. The van der Waals surface area contributed by atoms with Crippen LogP contribution in [-0.4, -0.2) is 28.5 Å². The van der Waals surface area contributed by atoms with Gasteiger partial charge in [0.15, 0.2) is 0 Å². The van der Waals surface area contributed by atoms with Crippen molar-refractivity contribution in [3.8, 4) is 0 Å². The molecule has 1 aromatic carbocycles. The second-order valence-electron chi connectivity index (χ2n) is 7.32. The molecular formula is C20H29N5. The summed E-state index contributed by atoms with van der Waals surface area (Å²) >= 11 is 0. The average molecular weight is 339 g/mol. The Kier molecular flexibility index (Phi) is 5.11. The van der Waals surface area contributed by atoms with Gasteiger partial charge in [-0.15, -0.1) is 0 Å². The summed E-state index contributed by atoms with van der Waals surface area (Å²) in [6.07, 6.45) is 4.62. The van der Waals surface area contributed by atoms with Crippen LogP contribution in [0.15, 0.2) is 18.2 Å². The van der Waals surface area contributed by atoms with E-state index in [1.807, 2.05) is 6.07 Å². The summed E-state index contributed by atoms with van der Waals surface area (Å²) in [7, 11) is 2.08. The van der Waals surface area contributed by atoms with Crippen LogP contribution in [0.3, 0.4) is 0 Å². The molecular weight excluding hydrogens is 310 g/mol. The van der Waals surface area contributed by atoms with Crippen LogP contribution in [0.1, 0.15) is 45.6 Å². The molecule has 3 aromatic rings. The lowest BCUT2D eigenvalue weighted by Crippen LogP contribution is -2.19. The highest BCUT2D eigenvalue weighted by molar-refractivity contribution is 6.08. The normalized spacial score (nSPS) is 11.7. The van der Waals surface area contributed by atoms with Gasteiger partial charge in [0.1, 0.15) is 16.9 Å². The number of nitrogens with two attached hydrogens (primary N) is 1. The molecule has 5 heteroatoms. The number of hydrogen-bond donors (Lipinski definition) is 2. The number of anilines is 2. The predicted molar refractivity (Wildman–Crippen MR) is 107 cm³/mol. The minimum Gasteiger partial charge on any atom is -0.382 e. The minimum absolute atomic E-state index is 0.518. The number of nitrogens with one attached hydrogen (secondary N) is 1. The minimum atomic E-state index is 0.518. The largest absolute Gasteiger partial charge is 0.382 e. The van der Waals surface area contributed by atoms with E-state index in [0.717, 1.165) is 47.3 Å².